The Labute approximate surface area is 115 Å². The van der Waals surface area contributed by atoms with Gasteiger partial charge in [-0.05, 0) is 31.4 Å². The zero-order valence-electron chi connectivity index (χ0n) is 10.5. The van der Waals surface area contributed by atoms with Crippen LogP contribution in [0.2, 0.25) is 0 Å². The van der Waals surface area contributed by atoms with Crippen molar-refractivity contribution in [3.63, 3.8) is 0 Å². The van der Waals surface area contributed by atoms with Gasteiger partial charge in [-0.2, -0.15) is 0 Å². The van der Waals surface area contributed by atoms with Crippen molar-refractivity contribution in [2.24, 2.45) is 0 Å². The van der Waals surface area contributed by atoms with E-state index in [0.717, 1.165) is 12.8 Å². The topological polar surface area (TPSA) is 62.5 Å². The van der Waals surface area contributed by atoms with Crippen molar-refractivity contribution in [3.05, 3.63) is 24.0 Å². The summed E-state index contributed by atoms with van der Waals surface area (Å²) in [5, 5.41) is 9.15. The molecule has 0 bridgehead atoms. The molecule has 2 heterocycles. The van der Waals surface area contributed by atoms with Gasteiger partial charge in [0.05, 0.1) is 5.88 Å². The smallest absolute Gasteiger partial charge is 0.327 e. The molecule has 2 aliphatic rings. The molecule has 1 aromatic heterocycles. The molecule has 1 N–H and O–H groups in total. The van der Waals surface area contributed by atoms with Crippen LogP contribution in [-0.4, -0.2) is 44.1 Å². The van der Waals surface area contributed by atoms with Crippen LogP contribution >= 0.6 is 11.8 Å². The molecule has 2 fully saturated rings. The first-order valence-corrected chi connectivity index (χ1v) is 7.62. The zero-order valence-corrected chi connectivity index (χ0v) is 11.3. The van der Waals surface area contributed by atoms with Crippen LogP contribution in [0.5, 0.6) is 0 Å². The van der Waals surface area contributed by atoms with E-state index in [9.17, 15) is 9.59 Å². The van der Waals surface area contributed by atoms with Gasteiger partial charge in [-0.3, -0.25) is 4.79 Å². The number of carbonyl (C=O) groups excluding carboxylic acids is 1. The highest BCUT2D eigenvalue weighted by Crippen LogP contribution is 2.33. The van der Waals surface area contributed by atoms with E-state index in [1.807, 2.05) is 16.8 Å². The summed E-state index contributed by atoms with van der Waals surface area (Å²) < 4.78 is 2.01. The molecule has 0 radical (unpaired) electrons. The third-order valence-corrected chi connectivity index (χ3v) is 4.91. The number of amides is 1. The Bertz CT molecular complexity index is 510. The number of aliphatic carboxylic acids is 1. The summed E-state index contributed by atoms with van der Waals surface area (Å²) in [4.78, 5) is 25.1. The van der Waals surface area contributed by atoms with E-state index in [4.69, 9.17) is 5.11 Å². The predicted molar refractivity (Wildman–Crippen MR) is 72.2 cm³/mol. The van der Waals surface area contributed by atoms with Gasteiger partial charge in [0, 0.05) is 18.0 Å². The lowest BCUT2D eigenvalue weighted by Gasteiger charge is -2.30. The molecule has 5 nitrogen and oxygen atoms in total. The molecular weight excluding hydrogens is 264 g/mol. The number of hydrogen-bond acceptors (Lipinski definition) is 3. The maximum absolute atomic E-state index is 12.5. The lowest BCUT2D eigenvalue weighted by atomic mass is 9.93. The van der Waals surface area contributed by atoms with Crippen molar-refractivity contribution in [1.29, 1.82) is 0 Å². The van der Waals surface area contributed by atoms with E-state index in [1.165, 1.54) is 23.1 Å². The number of carboxylic acid groups (broad SMARTS) is 1. The quantitative estimate of drug-likeness (QED) is 0.917. The van der Waals surface area contributed by atoms with E-state index >= 15 is 0 Å². The number of thioether (sulfide) groups is 1. The van der Waals surface area contributed by atoms with E-state index < -0.39 is 12.0 Å². The van der Waals surface area contributed by atoms with Gasteiger partial charge in [0.15, 0.2) is 0 Å². The molecule has 1 aliphatic heterocycles. The minimum Gasteiger partial charge on any atom is -0.480 e. The van der Waals surface area contributed by atoms with E-state index in [-0.39, 0.29) is 5.91 Å². The largest absolute Gasteiger partial charge is 0.480 e. The minimum absolute atomic E-state index is 0.158. The highest BCUT2D eigenvalue weighted by molar-refractivity contribution is 7.99. The molecule has 102 valence electrons. The average molecular weight is 280 g/mol. The molecule has 1 saturated carbocycles. The maximum Gasteiger partial charge on any atom is 0.327 e. The Morgan fingerprint density at radius 3 is 2.79 bits per heavy atom. The number of aromatic nitrogens is 1. The molecule has 3 rings (SSSR count). The van der Waals surface area contributed by atoms with Gasteiger partial charge in [-0.25, -0.2) is 4.79 Å². The number of carboxylic acids is 1. The molecule has 1 atom stereocenters. The third-order valence-electron chi connectivity index (χ3n) is 3.89. The Balaban J connectivity index is 1.83. The van der Waals surface area contributed by atoms with Crippen molar-refractivity contribution in [1.82, 2.24) is 9.47 Å². The first-order chi connectivity index (χ1) is 9.18. The van der Waals surface area contributed by atoms with Crippen LogP contribution in [-0.2, 0) is 4.79 Å². The zero-order chi connectivity index (χ0) is 13.4. The summed E-state index contributed by atoms with van der Waals surface area (Å²) in [6.45, 7) is 0. The summed E-state index contributed by atoms with van der Waals surface area (Å²) in [7, 11) is 0. The molecule has 19 heavy (non-hydrogen) atoms. The van der Waals surface area contributed by atoms with Crippen molar-refractivity contribution in [3.8, 4) is 0 Å². The van der Waals surface area contributed by atoms with Gasteiger partial charge in [-0.15, -0.1) is 11.8 Å². The van der Waals surface area contributed by atoms with Gasteiger partial charge in [0.2, 0.25) is 0 Å². The lowest BCUT2D eigenvalue weighted by Crippen LogP contribution is -2.42. The standard InChI is InChI=1S/C13H16N2O3S/c16-12(15-8-19-7-11(15)13(17)18)10-5-2-6-14(10)9-3-1-4-9/h2,5-6,9,11H,1,3-4,7-8H2,(H,17,18). The van der Waals surface area contributed by atoms with Crippen LogP contribution in [0.3, 0.4) is 0 Å². The molecule has 0 spiro atoms. The van der Waals surface area contributed by atoms with E-state index in [1.54, 1.807) is 6.07 Å². The van der Waals surface area contributed by atoms with Crippen LogP contribution in [0.25, 0.3) is 0 Å². The number of rotatable bonds is 3. The van der Waals surface area contributed by atoms with Gasteiger partial charge < -0.3 is 14.6 Å². The fourth-order valence-electron chi connectivity index (χ4n) is 2.55. The first-order valence-electron chi connectivity index (χ1n) is 6.47. The maximum atomic E-state index is 12.5. The fraction of sp³-hybridized carbons (Fsp3) is 0.538. The van der Waals surface area contributed by atoms with E-state index in [0.29, 0.717) is 23.4 Å². The van der Waals surface area contributed by atoms with Crippen molar-refractivity contribution < 1.29 is 14.7 Å². The van der Waals surface area contributed by atoms with Gasteiger partial charge in [0.25, 0.3) is 5.91 Å². The first kappa shape index (κ1) is 12.6. The second-order valence-electron chi connectivity index (χ2n) is 5.01. The molecule has 1 unspecified atom stereocenters. The highest BCUT2D eigenvalue weighted by atomic mass is 32.2. The summed E-state index contributed by atoms with van der Waals surface area (Å²) in [6, 6.07) is 3.38. The molecule has 6 heteroatoms. The third kappa shape index (κ3) is 2.14. The van der Waals surface area contributed by atoms with Crippen molar-refractivity contribution >= 4 is 23.6 Å². The molecule has 1 saturated heterocycles. The fourth-order valence-corrected chi connectivity index (χ4v) is 3.70. The summed E-state index contributed by atoms with van der Waals surface area (Å²) in [5.41, 5.74) is 0.624. The Morgan fingerprint density at radius 1 is 1.37 bits per heavy atom. The normalized spacial score (nSPS) is 23.4. The Morgan fingerprint density at radius 2 is 2.16 bits per heavy atom. The van der Waals surface area contributed by atoms with Crippen LogP contribution in [0.15, 0.2) is 18.3 Å². The van der Waals surface area contributed by atoms with Gasteiger partial charge >= 0.3 is 5.97 Å². The number of carbonyl (C=O) groups is 2. The Kier molecular flexibility index (Phi) is 3.26. The van der Waals surface area contributed by atoms with E-state index in [2.05, 4.69) is 0 Å². The minimum atomic E-state index is -0.917. The monoisotopic (exact) mass is 280 g/mol. The van der Waals surface area contributed by atoms with Crippen molar-refractivity contribution in [2.75, 3.05) is 11.6 Å². The molecular formula is C13H16N2O3S. The predicted octanol–water partition coefficient (Wildman–Crippen LogP) is 1.81. The lowest BCUT2D eigenvalue weighted by molar-refractivity contribution is -0.140. The second-order valence-corrected chi connectivity index (χ2v) is 6.01. The summed E-state index contributed by atoms with van der Waals surface area (Å²) in [6.07, 6.45) is 5.34. The average Bonchev–Trinajstić information content (AvgIpc) is 2.93. The Hall–Kier alpha value is -1.43. The van der Waals surface area contributed by atoms with Crippen LogP contribution in [0, 0.1) is 0 Å². The van der Waals surface area contributed by atoms with Crippen molar-refractivity contribution in [2.45, 2.75) is 31.3 Å². The number of hydrogen-bond donors (Lipinski definition) is 1. The van der Waals surface area contributed by atoms with Gasteiger partial charge in [0.1, 0.15) is 11.7 Å². The number of nitrogens with zero attached hydrogens (tertiary/aromatic N) is 2. The second kappa shape index (κ2) is 4.92. The van der Waals surface area contributed by atoms with Crippen LogP contribution < -0.4 is 0 Å². The summed E-state index contributed by atoms with van der Waals surface area (Å²) >= 11 is 1.49. The molecule has 0 aromatic carbocycles. The van der Waals surface area contributed by atoms with Gasteiger partial charge in [-0.1, -0.05) is 0 Å². The van der Waals surface area contributed by atoms with Crippen LogP contribution in [0.1, 0.15) is 35.8 Å². The molecule has 1 aromatic rings. The van der Waals surface area contributed by atoms with Crippen LogP contribution in [0.4, 0.5) is 0 Å². The molecule has 1 aliphatic carbocycles. The SMILES string of the molecule is O=C(O)C1CSCN1C(=O)c1cccn1C1CCC1. The highest BCUT2D eigenvalue weighted by Gasteiger charge is 2.36. The summed E-state index contributed by atoms with van der Waals surface area (Å²) in [5.74, 6) is -0.133. The molecule has 1 amide bonds.